The number of thioether (sulfide) groups is 1. The van der Waals surface area contributed by atoms with E-state index >= 15 is 0 Å². The lowest BCUT2D eigenvalue weighted by Gasteiger charge is -2.16. The topological polar surface area (TPSA) is 9.23 Å². The van der Waals surface area contributed by atoms with E-state index in [1.165, 1.54) is 6.42 Å². The summed E-state index contributed by atoms with van der Waals surface area (Å²) in [5, 5.41) is 0.828. The highest BCUT2D eigenvalue weighted by Gasteiger charge is 2.06. The second-order valence-corrected chi connectivity index (χ2v) is 3.17. The van der Waals surface area contributed by atoms with Gasteiger partial charge >= 0.3 is 0 Å². The Morgan fingerprint density at radius 2 is 2.57 bits per heavy atom. The first kappa shape index (κ1) is 5.45. The maximum Gasteiger partial charge on any atom is 0.0923 e. The maximum absolute atomic E-state index is 5.10. The molecule has 1 aliphatic rings. The van der Waals surface area contributed by atoms with E-state index < -0.39 is 0 Å². The van der Waals surface area contributed by atoms with Gasteiger partial charge in [-0.2, -0.15) is 0 Å². The average molecular weight is 118 g/mol. The molecule has 0 spiro atoms. The Morgan fingerprint density at radius 1 is 1.71 bits per heavy atom. The van der Waals surface area contributed by atoms with Gasteiger partial charge in [0.2, 0.25) is 0 Å². The van der Waals surface area contributed by atoms with E-state index in [-0.39, 0.29) is 0 Å². The van der Waals surface area contributed by atoms with Crippen LogP contribution in [0.4, 0.5) is 0 Å². The second kappa shape index (κ2) is 2.58. The van der Waals surface area contributed by atoms with Gasteiger partial charge in [0.05, 0.1) is 5.94 Å². The van der Waals surface area contributed by atoms with Crippen LogP contribution < -0.4 is 0 Å². The third kappa shape index (κ3) is 1.70. The van der Waals surface area contributed by atoms with Crippen LogP contribution in [0.2, 0.25) is 0 Å². The van der Waals surface area contributed by atoms with Crippen molar-refractivity contribution in [1.29, 1.82) is 0 Å². The number of hydrogen-bond acceptors (Lipinski definition) is 2. The number of hydrogen-bond donors (Lipinski definition) is 0. The van der Waals surface area contributed by atoms with Gasteiger partial charge in [-0.15, -0.1) is 11.8 Å². The van der Waals surface area contributed by atoms with Crippen molar-refractivity contribution >= 4 is 11.8 Å². The molecule has 0 saturated carbocycles. The SMILES string of the molecule is CC1CCOCS1. The Hall–Kier alpha value is 0.310. The van der Waals surface area contributed by atoms with Gasteiger partial charge in [-0.1, -0.05) is 6.92 Å². The molecule has 0 bridgehead atoms. The molecule has 1 rings (SSSR count). The van der Waals surface area contributed by atoms with E-state index in [0.29, 0.717) is 0 Å². The molecule has 1 unspecified atom stereocenters. The molecule has 0 aromatic carbocycles. The Balaban J connectivity index is 2.12. The van der Waals surface area contributed by atoms with Crippen molar-refractivity contribution < 1.29 is 4.74 Å². The van der Waals surface area contributed by atoms with Gasteiger partial charge in [-0.25, -0.2) is 0 Å². The van der Waals surface area contributed by atoms with Crippen LogP contribution in [0.5, 0.6) is 0 Å². The quantitative estimate of drug-likeness (QED) is 0.476. The first-order chi connectivity index (χ1) is 3.39. The molecule has 1 nitrogen and oxygen atoms in total. The second-order valence-electron chi connectivity index (χ2n) is 1.79. The molecule has 0 radical (unpaired) electrons. The van der Waals surface area contributed by atoms with Gasteiger partial charge < -0.3 is 4.74 Å². The number of rotatable bonds is 0. The van der Waals surface area contributed by atoms with Gasteiger partial charge in [0.25, 0.3) is 0 Å². The standard InChI is InChI=1S/C5H10OS/c1-5-2-3-6-4-7-5/h5H,2-4H2,1H3. The molecule has 1 atom stereocenters. The lowest BCUT2D eigenvalue weighted by molar-refractivity contribution is 0.170. The zero-order valence-corrected chi connectivity index (χ0v) is 5.33. The van der Waals surface area contributed by atoms with E-state index in [0.717, 1.165) is 17.8 Å². The lowest BCUT2D eigenvalue weighted by atomic mass is 10.3. The summed E-state index contributed by atoms with van der Waals surface area (Å²) >= 11 is 1.90. The van der Waals surface area contributed by atoms with Gasteiger partial charge in [-0.3, -0.25) is 0 Å². The van der Waals surface area contributed by atoms with Crippen molar-refractivity contribution in [3.05, 3.63) is 0 Å². The molecule has 0 N–H and O–H groups in total. The van der Waals surface area contributed by atoms with Crippen molar-refractivity contribution in [2.45, 2.75) is 18.6 Å². The van der Waals surface area contributed by atoms with Crippen molar-refractivity contribution in [3.8, 4) is 0 Å². The first-order valence-electron chi connectivity index (χ1n) is 2.59. The third-order valence-corrected chi connectivity index (χ3v) is 2.21. The van der Waals surface area contributed by atoms with Crippen molar-refractivity contribution in [2.24, 2.45) is 0 Å². The monoisotopic (exact) mass is 118 g/mol. The molecule has 0 aliphatic carbocycles. The van der Waals surface area contributed by atoms with Gasteiger partial charge in [0, 0.05) is 11.9 Å². The smallest absolute Gasteiger partial charge is 0.0923 e. The Kier molecular flexibility index (Phi) is 2.00. The Morgan fingerprint density at radius 3 is 2.86 bits per heavy atom. The van der Waals surface area contributed by atoms with E-state index in [9.17, 15) is 0 Å². The Labute approximate surface area is 48.4 Å². The fourth-order valence-corrected chi connectivity index (χ4v) is 1.27. The van der Waals surface area contributed by atoms with Crippen LogP contribution in [0, 0.1) is 0 Å². The lowest BCUT2D eigenvalue weighted by Crippen LogP contribution is -2.10. The summed E-state index contributed by atoms with van der Waals surface area (Å²) in [5.74, 6) is 0.904. The summed E-state index contributed by atoms with van der Waals surface area (Å²) in [5.41, 5.74) is 0. The fourth-order valence-electron chi connectivity index (χ4n) is 0.556. The first-order valence-corrected chi connectivity index (χ1v) is 3.64. The molecule has 1 fully saturated rings. The van der Waals surface area contributed by atoms with Crippen molar-refractivity contribution in [3.63, 3.8) is 0 Å². The molecule has 0 amide bonds. The zero-order chi connectivity index (χ0) is 5.11. The van der Waals surface area contributed by atoms with E-state index in [2.05, 4.69) is 6.92 Å². The summed E-state index contributed by atoms with van der Waals surface area (Å²) in [6, 6.07) is 0. The van der Waals surface area contributed by atoms with Crippen LogP contribution in [0.25, 0.3) is 0 Å². The molecule has 1 saturated heterocycles. The predicted octanol–water partition coefficient (Wildman–Crippen LogP) is 1.49. The Bertz CT molecular complexity index is 50.0. The minimum absolute atomic E-state index is 0.828. The van der Waals surface area contributed by atoms with Gasteiger partial charge in [-0.05, 0) is 6.42 Å². The summed E-state index contributed by atoms with van der Waals surface area (Å²) in [7, 11) is 0. The molecule has 42 valence electrons. The number of ether oxygens (including phenoxy) is 1. The highest BCUT2D eigenvalue weighted by molar-refractivity contribution is 7.99. The van der Waals surface area contributed by atoms with Crippen LogP contribution in [-0.2, 0) is 4.74 Å². The van der Waals surface area contributed by atoms with Crippen molar-refractivity contribution in [2.75, 3.05) is 12.5 Å². The normalized spacial score (nSPS) is 33.0. The molecule has 2 heteroatoms. The predicted molar refractivity (Wildman–Crippen MR) is 32.5 cm³/mol. The molecule has 0 aromatic rings. The molecule has 1 heterocycles. The minimum atomic E-state index is 0.828. The highest BCUT2D eigenvalue weighted by Crippen LogP contribution is 2.18. The summed E-state index contributed by atoms with van der Waals surface area (Å²) < 4.78 is 5.10. The minimum Gasteiger partial charge on any atom is -0.371 e. The van der Waals surface area contributed by atoms with Crippen molar-refractivity contribution in [1.82, 2.24) is 0 Å². The summed E-state index contributed by atoms with van der Waals surface area (Å²) in [6.07, 6.45) is 1.23. The maximum atomic E-state index is 5.10. The molecular weight excluding hydrogens is 108 g/mol. The van der Waals surface area contributed by atoms with Crippen LogP contribution in [0.1, 0.15) is 13.3 Å². The molecule has 1 aliphatic heterocycles. The summed E-state index contributed by atoms with van der Waals surface area (Å²) in [4.78, 5) is 0. The van der Waals surface area contributed by atoms with Crippen LogP contribution in [0.3, 0.4) is 0 Å². The third-order valence-electron chi connectivity index (χ3n) is 1.10. The molecular formula is C5H10OS. The highest BCUT2D eigenvalue weighted by atomic mass is 32.2. The van der Waals surface area contributed by atoms with Crippen LogP contribution in [-0.4, -0.2) is 17.8 Å². The van der Waals surface area contributed by atoms with E-state index in [4.69, 9.17) is 4.74 Å². The van der Waals surface area contributed by atoms with E-state index in [1.807, 2.05) is 11.8 Å². The average Bonchev–Trinajstić information content (AvgIpc) is 1.69. The van der Waals surface area contributed by atoms with E-state index in [1.54, 1.807) is 0 Å². The molecule has 0 aromatic heterocycles. The largest absolute Gasteiger partial charge is 0.371 e. The zero-order valence-electron chi connectivity index (χ0n) is 4.52. The van der Waals surface area contributed by atoms with Gasteiger partial charge in [0.15, 0.2) is 0 Å². The van der Waals surface area contributed by atoms with Gasteiger partial charge in [0.1, 0.15) is 0 Å². The molecule has 7 heavy (non-hydrogen) atoms. The van der Waals surface area contributed by atoms with Crippen LogP contribution >= 0.6 is 11.8 Å². The summed E-state index contributed by atoms with van der Waals surface area (Å²) in [6.45, 7) is 3.21. The fraction of sp³-hybridized carbons (Fsp3) is 1.00. The van der Waals surface area contributed by atoms with Crippen LogP contribution in [0.15, 0.2) is 0 Å².